The summed E-state index contributed by atoms with van der Waals surface area (Å²) in [6.45, 7) is 0.674. The van der Waals surface area contributed by atoms with Crippen molar-refractivity contribution in [2.24, 2.45) is 5.92 Å². The minimum Gasteiger partial charge on any atom is -0.399 e. The third-order valence-corrected chi connectivity index (χ3v) is 5.14. The maximum absolute atomic E-state index is 13.8. The lowest BCUT2D eigenvalue weighted by molar-refractivity contribution is -0.132. The van der Waals surface area contributed by atoms with Gasteiger partial charge in [0.15, 0.2) is 5.78 Å². The molecule has 2 aromatic rings. The van der Waals surface area contributed by atoms with E-state index in [0.29, 0.717) is 56.6 Å². The van der Waals surface area contributed by atoms with Crippen LogP contribution in [0.1, 0.15) is 35.2 Å². The summed E-state index contributed by atoms with van der Waals surface area (Å²) >= 11 is 0. The molecule has 2 N–H and O–H groups in total. The standard InChI is InChI=1S/C21H21F3N2O2/c22-15-11-16(23)20(17(24)12-15)21(28)14-7-9-26(10-8-14)19(27)6-5-13-3-1-2-4-18(13)25/h1-4,11-12,14H,5-10,25H2. The van der Waals surface area contributed by atoms with Gasteiger partial charge in [-0.05, 0) is 30.9 Å². The average Bonchev–Trinajstić information content (AvgIpc) is 2.66. The zero-order valence-corrected chi connectivity index (χ0v) is 15.3. The molecule has 0 saturated carbocycles. The van der Waals surface area contributed by atoms with Gasteiger partial charge in [-0.3, -0.25) is 9.59 Å². The number of likely N-dealkylation sites (tertiary alicyclic amines) is 1. The third kappa shape index (κ3) is 4.35. The van der Waals surface area contributed by atoms with E-state index in [1.165, 1.54) is 0 Å². The molecule has 28 heavy (non-hydrogen) atoms. The zero-order chi connectivity index (χ0) is 20.3. The summed E-state index contributed by atoms with van der Waals surface area (Å²) in [6.07, 6.45) is 1.45. The molecule has 1 heterocycles. The number of piperidine rings is 1. The number of para-hydroxylation sites is 1. The van der Waals surface area contributed by atoms with Gasteiger partial charge in [0.05, 0.1) is 5.56 Å². The molecular weight excluding hydrogens is 369 g/mol. The van der Waals surface area contributed by atoms with Crippen molar-refractivity contribution in [3.8, 4) is 0 Å². The van der Waals surface area contributed by atoms with E-state index in [9.17, 15) is 22.8 Å². The van der Waals surface area contributed by atoms with Gasteiger partial charge in [-0.2, -0.15) is 0 Å². The Kier molecular flexibility index (Phi) is 6.02. The normalized spacial score (nSPS) is 14.9. The summed E-state index contributed by atoms with van der Waals surface area (Å²) in [7, 11) is 0. The fourth-order valence-corrected chi connectivity index (χ4v) is 3.53. The molecule has 3 rings (SSSR count). The van der Waals surface area contributed by atoms with E-state index in [-0.39, 0.29) is 5.91 Å². The lowest BCUT2D eigenvalue weighted by Crippen LogP contribution is -2.40. The Balaban J connectivity index is 1.56. The van der Waals surface area contributed by atoms with Crippen LogP contribution in [0.4, 0.5) is 18.9 Å². The van der Waals surface area contributed by atoms with Crippen LogP contribution in [0.3, 0.4) is 0 Å². The van der Waals surface area contributed by atoms with Crippen LogP contribution in [-0.4, -0.2) is 29.7 Å². The van der Waals surface area contributed by atoms with E-state index in [4.69, 9.17) is 5.73 Å². The lowest BCUT2D eigenvalue weighted by Gasteiger charge is -2.31. The van der Waals surface area contributed by atoms with E-state index in [0.717, 1.165) is 5.56 Å². The first-order valence-electron chi connectivity index (χ1n) is 9.16. The number of carbonyl (C=O) groups excluding carboxylic acids is 2. The molecule has 1 aliphatic heterocycles. The summed E-state index contributed by atoms with van der Waals surface area (Å²) in [5.41, 5.74) is 6.72. The smallest absolute Gasteiger partial charge is 0.222 e. The fraction of sp³-hybridized carbons (Fsp3) is 0.333. The van der Waals surface area contributed by atoms with Crippen LogP contribution in [-0.2, 0) is 11.2 Å². The van der Waals surface area contributed by atoms with Gasteiger partial charge < -0.3 is 10.6 Å². The van der Waals surface area contributed by atoms with Crippen LogP contribution in [0.25, 0.3) is 0 Å². The summed E-state index contributed by atoms with van der Waals surface area (Å²) in [6, 6.07) is 8.36. The summed E-state index contributed by atoms with van der Waals surface area (Å²) in [5, 5.41) is 0. The van der Waals surface area contributed by atoms with E-state index in [1.54, 1.807) is 11.0 Å². The second kappa shape index (κ2) is 8.46. The number of benzene rings is 2. The molecule has 0 radical (unpaired) electrons. The molecule has 7 heteroatoms. The molecule has 148 valence electrons. The predicted octanol–water partition coefficient (Wildman–Crippen LogP) is 3.74. The Morgan fingerprint density at radius 2 is 1.64 bits per heavy atom. The number of nitrogens with zero attached hydrogens (tertiary/aromatic N) is 1. The van der Waals surface area contributed by atoms with Gasteiger partial charge >= 0.3 is 0 Å². The average molecular weight is 390 g/mol. The van der Waals surface area contributed by atoms with Gasteiger partial charge in [0.25, 0.3) is 0 Å². The Morgan fingerprint density at radius 3 is 2.25 bits per heavy atom. The van der Waals surface area contributed by atoms with Crippen molar-refractivity contribution in [1.29, 1.82) is 0 Å². The van der Waals surface area contributed by atoms with Gasteiger partial charge in [0.1, 0.15) is 17.5 Å². The minimum absolute atomic E-state index is 0.0479. The van der Waals surface area contributed by atoms with Gasteiger partial charge in [0.2, 0.25) is 5.91 Å². The molecule has 1 aliphatic rings. The first-order valence-corrected chi connectivity index (χ1v) is 9.16. The van der Waals surface area contributed by atoms with Crippen molar-refractivity contribution in [3.05, 3.63) is 65.0 Å². The molecule has 0 unspecified atom stereocenters. The fourth-order valence-electron chi connectivity index (χ4n) is 3.53. The molecule has 0 aromatic heterocycles. The number of anilines is 1. The predicted molar refractivity (Wildman–Crippen MR) is 99.1 cm³/mol. The number of Topliss-reactive ketones (excluding diaryl/α,β-unsaturated/α-hetero) is 1. The number of rotatable bonds is 5. The van der Waals surface area contributed by atoms with Crippen molar-refractivity contribution in [3.63, 3.8) is 0 Å². The molecule has 2 aromatic carbocycles. The number of nitrogen functional groups attached to an aromatic ring is 1. The first kappa shape index (κ1) is 19.9. The van der Waals surface area contributed by atoms with Gasteiger partial charge in [-0.25, -0.2) is 13.2 Å². The van der Waals surface area contributed by atoms with Crippen LogP contribution in [0.15, 0.2) is 36.4 Å². The van der Waals surface area contributed by atoms with Gasteiger partial charge in [-0.1, -0.05) is 18.2 Å². The maximum Gasteiger partial charge on any atom is 0.222 e. The second-order valence-electron chi connectivity index (χ2n) is 6.96. The highest BCUT2D eigenvalue weighted by molar-refractivity contribution is 5.98. The molecular formula is C21H21F3N2O2. The molecule has 1 fully saturated rings. The first-order chi connectivity index (χ1) is 13.4. The van der Waals surface area contributed by atoms with Crippen LogP contribution in [0, 0.1) is 23.4 Å². The largest absolute Gasteiger partial charge is 0.399 e. The lowest BCUT2D eigenvalue weighted by atomic mass is 9.88. The van der Waals surface area contributed by atoms with Gasteiger partial charge in [0, 0.05) is 43.2 Å². The van der Waals surface area contributed by atoms with Crippen LogP contribution in [0.5, 0.6) is 0 Å². The Morgan fingerprint density at radius 1 is 1.04 bits per heavy atom. The van der Waals surface area contributed by atoms with Crippen molar-refractivity contribution in [2.75, 3.05) is 18.8 Å². The van der Waals surface area contributed by atoms with E-state index in [2.05, 4.69) is 0 Å². The number of ketones is 1. The molecule has 0 spiro atoms. The number of hydrogen-bond donors (Lipinski definition) is 1. The molecule has 0 bridgehead atoms. The van der Waals surface area contributed by atoms with Crippen LogP contribution >= 0.6 is 0 Å². The van der Waals surface area contributed by atoms with Crippen molar-refractivity contribution in [2.45, 2.75) is 25.7 Å². The highest BCUT2D eigenvalue weighted by Gasteiger charge is 2.31. The number of carbonyl (C=O) groups is 2. The Bertz CT molecular complexity index is 870. The maximum atomic E-state index is 13.8. The number of amides is 1. The van der Waals surface area contributed by atoms with E-state index >= 15 is 0 Å². The summed E-state index contributed by atoms with van der Waals surface area (Å²) in [4.78, 5) is 26.5. The number of hydrogen-bond acceptors (Lipinski definition) is 3. The minimum atomic E-state index is -1.19. The van der Waals surface area contributed by atoms with E-state index in [1.807, 2.05) is 18.2 Å². The Labute approximate surface area is 161 Å². The summed E-state index contributed by atoms with van der Waals surface area (Å²) < 4.78 is 40.7. The van der Waals surface area contributed by atoms with Gasteiger partial charge in [-0.15, -0.1) is 0 Å². The quantitative estimate of drug-likeness (QED) is 0.625. The van der Waals surface area contributed by atoms with Crippen molar-refractivity contribution >= 4 is 17.4 Å². The number of halogens is 3. The zero-order valence-electron chi connectivity index (χ0n) is 15.3. The molecule has 0 atom stereocenters. The topological polar surface area (TPSA) is 63.4 Å². The molecule has 0 aliphatic carbocycles. The van der Waals surface area contributed by atoms with Crippen LogP contribution in [0.2, 0.25) is 0 Å². The van der Waals surface area contributed by atoms with Crippen LogP contribution < -0.4 is 5.73 Å². The molecule has 4 nitrogen and oxygen atoms in total. The highest BCUT2D eigenvalue weighted by Crippen LogP contribution is 2.26. The number of aryl methyl sites for hydroxylation is 1. The summed E-state index contributed by atoms with van der Waals surface area (Å²) in [5.74, 6) is -4.77. The number of nitrogens with two attached hydrogens (primary N) is 1. The molecule has 1 amide bonds. The Hall–Kier alpha value is -2.83. The SMILES string of the molecule is Nc1ccccc1CCC(=O)N1CCC(C(=O)c2c(F)cc(F)cc2F)CC1. The highest BCUT2D eigenvalue weighted by atomic mass is 19.1. The third-order valence-electron chi connectivity index (χ3n) is 5.14. The molecule has 1 saturated heterocycles. The van der Waals surface area contributed by atoms with Crippen molar-refractivity contribution in [1.82, 2.24) is 4.90 Å². The van der Waals surface area contributed by atoms with Crippen molar-refractivity contribution < 1.29 is 22.8 Å². The monoisotopic (exact) mass is 390 g/mol. The van der Waals surface area contributed by atoms with E-state index < -0.39 is 34.7 Å². The second-order valence-corrected chi connectivity index (χ2v) is 6.96.